The van der Waals surface area contributed by atoms with E-state index in [4.69, 9.17) is 5.26 Å². The Balaban J connectivity index is 1.94. The van der Waals surface area contributed by atoms with Gasteiger partial charge < -0.3 is 10.2 Å². The minimum Gasteiger partial charge on any atom is -0.373 e. The highest BCUT2D eigenvalue weighted by molar-refractivity contribution is 5.58. The van der Waals surface area contributed by atoms with E-state index in [0.717, 1.165) is 30.8 Å². The van der Waals surface area contributed by atoms with Gasteiger partial charge >= 0.3 is 0 Å². The third-order valence-electron chi connectivity index (χ3n) is 3.41. The first kappa shape index (κ1) is 11.9. The van der Waals surface area contributed by atoms with E-state index in [1.165, 1.54) is 12.8 Å². The second kappa shape index (κ2) is 5.70. The van der Waals surface area contributed by atoms with E-state index in [9.17, 15) is 0 Å². The molecule has 0 spiro atoms. The van der Waals surface area contributed by atoms with Crippen molar-refractivity contribution in [3.63, 3.8) is 0 Å². The summed E-state index contributed by atoms with van der Waals surface area (Å²) in [6.45, 7) is 2.15. The Hall–Kier alpha value is -1.53. The third kappa shape index (κ3) is 2.98. The van der Waals surface area contributed by atoms with Crippen LogP contribution in [0, 0.1) is 11.3 Å². The molecular weight excluding hydrogens is 210 g/mol. The summed E-state index contributed by atoms with van der Waals surface area (Å²) in [6, 6.07) is 10.7. The summed E-state index contributed by atoms with van der Waals surface area (Å²) in [5.41, 5.74) is 1.79. The summed E-state index contributed by atoms with van der Waals surface area (Å²) in [5, 5.41) is 12.6. The van der Waals surface area contributed by atoms with Crippen LogP contribution in [0.5, 0.6) is 0 Å². The van der Waals surface area contributed by atoms with E-state index >= 15 is 0 Å². The fourth-order valence-corrected chi connectivity index (χ4v) is 2.37. The normalized spacial score (nSPS) is 18.9. The Bertz CT molecular complexity index is 402. The zero-order valence-corrected chi connectivity index (χ0v) is 10.3. The number of hydrogen-bond donors (Lipinski definition) is 1. The Kier molecular flexibility index (Phi) is 4.00. The van der Waals surface area contributed by atoms with Gasteiger partial charge in [-0.2, -0.15) is 5.26 Å². The van der Waals surface area contributed by atoms with E-state index in [-0.39, 0.29) is 0 Å². The van der Waals surface area contributed by atoms with Crippen molar-refractivity contribution < 1.29 is 0 Å². The Morgan fingerprint density at radius 3 is 3.00 bits per heavy atom. The predicted molar refractivity (Wildman–Crippen MR) is 70.1 cm³/mol. The molecular formula is C14H19N3. The van der Waals surface area contributed by atoms with Gasteiger partial charge in [-0.1, -0.05) is 12.1 Å². The third-order valence-corrected chi connectivity index (χ3v) is 3.41. The molecule has 1 aromatic rings. The number of nitriles is 1. The van der Waals surface area contributed by atoms with Crippen molar-refractivity contribution in [2.45, 2.75) is 25.3 Å². The summed E-state index contributed by atoms with van der Waals surface area (Å²) in [7, 11) is 2.06. The average Bonchev–Trinajstić information content (AvgIpc) is 2.89. The van der Waals surface area contributed by atoms with E-state index in [2.05, 4.69) is 23.3 Å². The molecule has 1 aliphatic heterocycles. The summed E-state index contributed by atoms with van der Waals surface area (Å²) in [5.74, 6) is 0. The van der Waals surface area contributed by atoms with Crippen molar-refractivity contribution in [3.8, 4) is 6.07 Å². The van der Waals surface area contributed by atoms with Gasteiger partial charge in [-0.3, -0.25) is 0 Å². The number of benzene rings is 1. The van der Waals surface area contributed by atoms with Gasteiger partial charge in [0.2, 0.25) is 0 Å². The molecule has 1 unspecified atom stereocenters. The molecule has 1 heterocycles. The van der Waals surface area contributed by atoms with Gasteiger partial charge in [0.05, 0.1) is 11.3 Å². The number of nitrogens with one attached hydrogen (secondary N) is 1. The van der Waals surface area contributed by atoms with Crippen LogP contribution in [-0.4, -0.2) is 26.2 Å². The molecule has 1 aliphatic rings. The molecule has 1 fully saturated rings. The Labute approximate surface area is 103 Å². The minimum absolute atomic E-state index is 0.659. The van der Waals surface area contributed by atoms with Crippen molar-refractivity contribution in [1.82, 2.24) is 5.32 Å². The maximum absolute atomic E-state index is 9.06. The fourth-order valence-electron chi connectivity index (χ4n) is 2.37. The first-order valence-corrected chi connectivity index (χ1v) is 6.25. The highest BCUT2D eigenvalue weighted by Crippen LogP contribution is 2.19. The van der Waals surface area contributed by atoms with Crippen molar-refractivity contribution in [1.29, 1.82) is 5.26 Å². The quantitative estimate of drug-likeness (QED) is 0.859. The maximum atomic E-state index is 9.06. The molecule has 90 valence electrons. The van der Waals surface area contributed by atoms with Crippen LogP contribution >= 0.6 is 0 Å². The molecule has 0 aromatic heterocycles. The maximum Gasteiger partial charge on any atom is 0.101 e. The van der Waals surface area contributed by atoms with Crippen molar-refractivity contribution in [3.05, 3.63) is 29.8 Å². The first-order valence-electron chi connectivity index (χ1n) is 6.25. The van der Waals surface area contributed by atoms with Crippen LogP contribution in [0.25, 0.3) is 0 Å². The van der Waals surface area contributed by atoms with Gasteiger partial charge in [0.15, 0.2) is 0 Å². The fraction of sp³-hybridized carbons (Fsp3) is 0.500. The summed E-state index contributed by atoms with van der Waals surface area (Å²) in [6.07, 6.45) is 3.73. The first-order chi connectivity index (χ1) is 8.31. The number of hydrogen-bond acceptors (Lipinski definition) is 3. The lowest BCUT2D eigenvalue weighted by Crippen LogP contribution is -2.28. The van der Waals surface area contributed by atoms with Crippen LogP contribution in [0.4, 0.5) is 5.69 Å². The molecule has 3 nitrogen and oxygen atoms in total. The van der Waals surface area contributed by atoms with E-state index < -0.39 is 0 Å². The summed E-state index contributed by atoms with van der Waals surface area (Å²) in [4.78, 5) is 2.18. The molecule has 0 amide bonds. The van der Waals surface area contributed by atoms with E-state index in [1.54, 1.807) is 0 Å². The van der Waals surface area contributed by atoms with Crippen LogP contribution in [-0.2, 0) is 0 Å². The summed E-state index contributed by atoms with van der Waals surface area (Å²) >= 11 is 0. The molecule has 1 N–H and O–H groups in total. The molecule has 0 aliphatic carbocycles. The second-order valence-electron chi connectivity index (χ2n) is 4.63. The van der Waals surface area contributed by atoms with Crippen molar-refractivity contribution in [2.75, 3.05) is 25.0 Å². The highest BCUT2D eigenvalue weighted by atomic mass is 15.1. The smallest absolute Gasteiger partial charge is 0.101 e. The van der Waals surface area contributed by atoms with Gasteiger partial charge in [0, 0.05) is 19.6 Å². The van der Waals surface area contributed by atoms with Gasteiger partial charge in [0.1, 0.15) is 6.07 Å². The van der Waals surface area contributed by atoms with Crippen LogP contribution in [0.15, 0.2) is 24.3 Å². The number of anilines is 1. The van der Waals surface area contributed by atoms with Gasteiger partial charge in [-0.05, 0) is 37.9 Å². The van der Waals surface area contributed by atoms with Crippen LogP contribution in [0.2, 0.25) is 0 Å². The molecule has 0 saturated carbocycles. The van der Waals surface area contributed by atoms with Crippen LogP contribution in [0.3, 0.4) is 0 Å². The van der Waals surface area contributed by atoms with Crippen LogP contribution < -0.4 is 10.2 Å². The molecule has 3 heteroatoms. The highest BCUT2D eigenvalue weighted by Gasteiger charge is 2.15. The SMILES string of the molecule is CN(CCC1CCCN1)c1ccccc1C#N. The van der Waals surface area contributed by atoms with Gasteiger partial charge in [-0.15, -0.1) is 0 Å². The molecule has 0 bridgehead atoms. The zero-order valence-electron chi connectivity index (χ0n) is 10.3. The minimum atomic E-state index is 0.659. The predicted octanol–water partition coefficient (Wildman–Crippen LogP) is 2.14. The monoisotopic (exact) mass is 229 g/mol. The van der Waals surface area contributed by atoms with Crippen molar-refractivity contribution in [2.24, 2.45) is 0 Å². The number of para-hydroxylation sites is 1. The molecule has 2 rings (SSSR count). The molecule has 1 atom stereocenters. The van der Waals surface area contributed by atoms with E-state index in [0.29, 0.717) is 6.04 Å². The number of rotatable bonds is 4. The lowest BCUT2D eigenvalue weighted by molar-refractivity contribution is 0.559. The molecule has 17 heavy (non-hydrogen) atoms. The standard InChI is InChI=1S/C14H19N3/c1-17(10-8-13-6-4-9-16-13)14-7-3-2-5-12(14)11-15/h2-3,5,7,13,16H,4,6,8-10H2,1H3. The van der Waals surface area contributed by atoms with E-state index in [1.807, 2.05) is 24.3 Å². The average molecular weight is 229 g/mol. The zero-order chi connectivity index (χ0) is 12.1. The Morgan fingerprint density at radius 1 is 1.47 bits per heavy atom. The lowest BCUT2D eigenvalue weighted by Gasteiger charge is -2.22. The number of nitrogens with zero attached hydrogens (tertiary/aromatic N) is 2. The topological polar surface area (TPSA) is 39.1 Å². The summed E-state index contributed by atoms with van der Waals surface area (Å²) < 4.78 is 0. The van der Waals surface area contributed by atoms with Gasteiger partial charge in [-0.25, -0.2) is 0 Å². The Morgan fingerprint density at radius 2 is 2.29 bits per heavy atom. The molecule has 0 radical (unpaired) electrons. The molecule has 1 saturated heterocycles. The largest absolute Gasteiger partial charge is 0.373 e. The van der Waals surface area contributed by atoms with Crippen LogP contribution in [0.1, 0.15) is 24.8 Å². The second-order valence-corrected chi connectivity index (χ2v) is 4.63. The van der Waals surface area contributed by atoms with Crippen molar-refractivity contribution >= 4 is 5.69 Å². The molecule has 1 aromatic carbocycles. The lowest BCUT2D eigenvalue weighted by atomic mass is 10.1. The van der Waals surface area contributed by atoms with Gasteiger partial charge in [0.25, 0.3) is 0 Å².